The number of fused-ring (bicyclic) bond motifs is 1. The fourth-order valence-electron chi connectivity index (χ4n) is 3.47. The monoisotopic (exact) mass is 317 g/mol. The fourth-order valence-corrected chi connectivity index (χ4v) is 3.47. The van der Waals surface area contributed by atoms with Crippen molar-refractivity contribution in [2.24, 2.45) is 5.41 Å². The molecular weight excluding hydrogens is 299 g/mol. The van der Waals surface area contributed by atoms with E-state index in [9.17, 15) is 18.0 Å². The molecule has 1 aromatic heterocycles. The van der Waals surface area contributed by atoms with Gasteiger partial charge in [-0.15, -0.1) is 0 Å². The van der Waals surface area contributed by atoms with Gasteiger partial charge in [-0.3, -0.25) is 9.69 Å². The maximum atomic E-state index is 13.4. The highest BCUT2D eigenvalue weighted by Gasteiger charge is 2.62. The van der Waals surface area contributed by atoms with E-state index < -0.39 is 17.5 Å². The molecule has 2 unspecified atom stereocenters. The minimum atomic E-state index is -4.55. The molecule has 3 heterocycles. The average molecular weight is 317 g/mol. The van der Waals surface area contributed by atoms with Gasteiger partial charge in [0, 0.05) is 26.6 Å². The quantitative estimate of drug-likeness (QED) is 0.894. The predicted molar refractivity (Wildman–Crippen MR) is 71.0 cm³/mol. The zero-order valence-corrected chi connectivity index (χ0v) is 12.2. The number of nitrogens with zero attached hydrogens (tertiary/aromatic N) is 4. The average Bonchev–Trinajstić information content (AvgIpc) is 3.14. The molecule has 1 N–H and O–H groups in total. The van der Waals surface area contributed by atoms with Crippen LogP contribution >= 0.6 is 0 Å². The van der Waals surface area contributed by atoms with Crippen LogP contribution in [0.25, 0.3) is 0 Å². The third-order valence-electron chi connectivity index (χ3n) is 4.72. The summed E-state index contributed by atoms with van der Waals surface area (Å²) in [5.74, 6) is -0.0760. The number of halogens is 3. The molecule has 2 aliphatic rings. The summed E-state index contributed by atoms with van der Waals surface area (Å²) >= 11 is 0. The second-order valence-corrected chi connectivity index (χ2v) is 5.96. The minimum absolute atomic E-state index is 0.0335. The second-order valence-electron chi connectivity index (χ2n) is 5.96. The summed E-state index contributed by atoms with van der Waals surface area (Å²) in [5.41, 5.74) is -2.30. The molecule has 0 spiro atoms. The molecular formula is C13H18F3N5O. The van der Waals surface area contributed by atoms with E-state index in [1.165, 1.54) is 13.4 Å². The van der Waals surface area contributed by atoms with E-state index in [4.69, 9.17) is 0 Å². The third-order valence-corrected chi connectivity index (χ3v) is 4.72. The molecule has 1 aromatic rings. The number of nitrogens with one attached hydrogen (secondary N) is 1. The Morgan fingerprint density at radius 3 is 3.00 bits per heavy atom. The summed E-state index contributed by atoms with van der Waals surface area (Å²) in [6, 6.07) is 0.0335. The predicted octanol–water partition coefficient (Wildman–Crippen LogP) is 0.766. The largest absolute Gasteiger partial charge is 0.404 e. The van der Waals surface area contributed by atoms with E-state index in [0.717, 1.165) is 18.7 Å². The highest BCUT2D eigenvalue weighted by atomic mass is 19.4. The number of hydrogen-bond acceptors (Lipinski definition) is 4. The van der Waals surface area contributed by atoms with Gasteiger partial charge in [-0.2, -0.15) is 18.3 Å². The van der Waals surface area contributed by atoms with Crippen molar-refractivity contribution in [2.75, 3.05) is 26.7 Å². The molecule has 3 rings (SSSR count). The molecule has 122 valence electrons. The molecule has 9 heteroatoms. The zero-order valence-electron chi connectivity index (χ0n) is 12.2. The Balaban J connectivity index is 1.73. The van der Waals surface area contributed by atoms with Crippen molar-refractivity contribution >= 4 is 5.91 Å². The van der Waals surface area contributed by atoms with Crippen LogP contribution in [-0.2, 0) is 11.2 Å². The molecule has 0 aromatic carbocycles. The summed E-state index contributed by atoms with van der Waals surface area (Å²) in [6.07, 6.45) is -1.66. The topological polar surface area (TPSA) is 63.1 Å². The van der Waals surface area contributed by atoms with Gasteiger partial charge in [0.1, 0.15) is 12.2 Å². The van der Waals surface area contributed by atoms with E-state index in [2.05, 4.69) is 15.4 Å². The van der Waals surface area contributed by atoms with E-state index in [0.29, 0.717) is 6.54 Å². The zero-order chi connectivity index (χ0) is 16.0. The van der Waals surface area contributed by atoms with Crippen LogP contribution in [-0.4, -0.2) is 58.4 Å². The number of amides is 1. The molecule has 0 radical (unpaired) electrons. The lowest BCUT2D eigenvalue weighted by atomic mass is 9.85. The molecule has 2 aliphatic heterocycles. The number of alkyl halides is 3. The Labute approximate surface area is 125 Å². The molecule has 0 bridgehead atoms. The van der Waals surface area contributed by atoms with Crippen molar-refractivity contribution in [3.63, 3.8) is 0 Å². The van der Waals surface area contributed by atoms with E-state index in [-0.39, 0.29) is 25.6 Å². The lowest BCUT2D eigenvalue weighted by molar-refractivity contribution is -0.217. The van der Waals surface area contributed by atoms with Gasteiger partial charge in [0.15, 0.2) is 5.41 Å². The van der Waals surface area contributed by atoms with Crippen molar-refractivity contribution in [3.05, 3.63) is 12.2 Å². The molecule has 2 atom stereocenters. The van der Waals surface area contributed by atoms with Gasteiger partial charge >= 0.3 is 6.18 Å². The number of carbonyl (C=O) groups is 1. The summed E-state index contributed by atoms with van der Waals surface area (Å²) < 4.78 is 42.0. The van der Waals surface area contributed by atoms with Crippen molar-refractivity contribution in [1.82, 2.24) is 25.0 Å². The van der Waals surface area contributed by atoms with E-state index in [1.807, 2.05) is 0 Å². The number of aryl methyl sites for hydroxylation is 1. The molecule has 0 saturated carbocycles. The Morgan fingerprint density at radius 2 is 2.32 bits per heavy atom. The number of likely N-dealkylation sites (tertiary alicyclic amines) is 1. The molecule has 1 amide bonds. The summed E-state index contributed by atoms with van der Waals surface area (Å²) in [7, 11) is 1.25. The van der Waals surface area contributed by atoms with Crippen LogP contribution < -0.4 is 5.32 Å². The van der Waals surface area contributed by atoms with Crippen LogP contribution in [0.5, 0.6) is 0 Å². The van der Waals surface area contributed by atoms with Gasteiger partial charge in [0.25, 0.3) is 0 Å². The summed E-state index contributed by atoms with van der Waals surface area (Å²) in [4.78, 5) is 17.7. The van der Waals surface area contributed by atoms with Gasteiger partial charge in [0.2, 0.25) is 5.91 Å². The molecule has 1 saturated heterocycles. The smallest absolute Gasteiger partial charge is 0.358 e. The molecule has 6 nitrogen and oxygen atoms in total. The SMILES string of the molecule is CNC(=O)C1(C(F)(F)F)CCN(CC2CCc3ncnn32)C1. The van der Waals surface area contributed by atoms with Gasteiger partial charge < -0.3 is 5.32 Å². The van der Waals surface area contributed by atoms with Crippen LogP contribution in [0.2, 0.25) is 0 Å². The first-order valence-electron chi connectivity index (χ1n) is 7.27. The van der Waals surface area contributed by atoms with E-state index in [1.54, 1.807) is 9.58 Å². The molecule has 1 fully saturated rings. The normalized spacial score (nSPS) is 28.8. The first kappa shape index (κ1) is 15.3. The Bertz CT molecular complexity index is 572. The van der Waals surface area contributed by atoms with Crippen LogP contribution in [0.15, 0.2) is 6.33 Å². The lowest BCUT2D eigenvalue weighted by Crippen LogP contribution is -2.51. The molecule has 0 aliphatic carbocycles. The lowest BCUT2D eigenvalue weighted by Gasteiger charge is -2.30. The van der Waals surface area contributed by atoms with Crippen LogP contribution in [0.3, 0.4) is 0 Å². The Morgan fingerprint density at radius 1 is 1.55 bits per heavy atom. The maximum Gasteiger partial charge on any atom is 0.404 e. The first-order valence-corrected chi connectivity index (χ1v) is 7.27. The van der Waals surface area contributed by atoms with Crippen molar-refractivity contribution in [3.8, 4) is 0 Å². The number of aromatic nitrogens is 3. The standard InChI is InChI=1S/C13H18F3N5O/c1-17-11(22)12(13(14,15)16)4-5-20(7-12)6-9-2-3-10-18-8-19-21(9)10/h8-9H,2-7H2,1H3,(H,17,22). The van der Waals surface area contributed by atoms with Crippen molar-refractivity contribution in [2.45, 2.75) is 31.5 Å². The van der Waals surface area contributed by atoms with Crippen LogP contribution in [0, 0.1) is 5.41 Å². The molecule has 22 heavy (non-hydrogen) atoms. The van der Waals surface area contributed by atoms with Crippen molar-refractivity contribution < 1.29 is 18.0 Å². The van der Waals surface area contributed by atoms with Gasteiger partial charge in [-0.05, 0) is 19.4 Å². The highest BCUT2D eigenvalue weighted by Crippen LogP contribution is 2.46. The Hall–Kier alpha value is -1.64. The second kappa shape index (κ2) is 5.22. The maximum absolute atomic E-state index is 13.4. The summed E-state index contributed by atoms with van der Waals surface area (Å²) in [5, 5.41) is 6.30. The van der Waals surface area contributed by atoms with Crippen molar-refractivity contribution in [1.29, 1.82) is 0 Å². The van der Waals surface area contributed by atoms with E-state index >= 15 is 0 Å². The number of hydrogen-bond donors (Lipinski definition) is 1. The highest BCUT2D eigenvalue weighted by molar-refractivity contribution is 5.84. The number of rotatable bonds is 3. The Kier molecular flexibility index (Phi) is 3.62. The summed E-state index contributed by atoms with van der Waals surface area (Å²) in [6.45, 7) is 0.426. The number of carbonyl (C=O) groups excluding carboxylic acids is 1. The third kappa shape index (κ3) is 2.27. The first-order chi connectivity index (χ1) is 10.4. The van der Waals surface area contributed by atoms with Crippen LogP contribution in [0.4, 0.5) is 13.2 Å². The van der Waals surface area contributed by atoms with Crippen LogP contribution in [0.1, 0.15) is 24.7 Å². The fraction of sp³-hybridized carbons (Fsp3) is 0.769. The van der Waals surface area contributed by atoms with Gasteiger partial charge in [-0.1, -0.05) is 0 Å². The van der Waals surface area contributed by atoms with Gasteiger partial charge in [0.05, 0.1) is 6.04 Å². The van der Waals surface area contributed by atoms with Gasteiger partial charge in [-0.25, -0.2) is 9.67 Å². The minimum Gasteiger partial charge on any atom is -0.358 e.